The number of hydrogen-bond donors (Lipinski definition) is 2. The second-order valence-electron chi connectivity index (χ2n) is 6.24. The molecule has 4 nitrogen and oxygen atoms in total. The SMILES string of the molecule is [2H]C[C@@]1(C(=O)O)C=C2c3cccc4[nH]cc(c34)C[C@H]2N(C)C1. The average molecular weight is 283 g/mol. The first kappa shape index (κ1) is 11.6. The number of nitrogens with zero attached hydrogens (tertiary/aromatic N) is 1. The van der Waals surface area contributed by atoms with Gasteiger partial charge >= 0.3 is 5.97 Å². The van der Waals surface area contributed by atoms with Crippen LogP contribution >= 0.6 is 0 Å². The molecule has 2 heterocycles. The lowest BCUT2D eigenvalue weighted by molar-refractivity contribution is -0.146. The summed E-state index contributed by atoms with van der Waals surface area (Å²) in [5.41, 5.74) is 3.42. The normalized spacial score (nSPS) is 28.9. The zero-order chi connectivity index (χ0) is 15.5. The molecule has 21 heavy (non-hydrogen) atoms. The highest BCUT2D eigenvalue weighted by atomic mass is 16.4. The van der Waals surface area contributed by atoms with Crippen molar-refractivity contribution in [3.63, 3.8) is 0 Å². The van der Waals surface area contributed by atoms with E-state index < -0.39 is 11.4 Å². The van der Waals surface area contributed by atoms with Gasteiger partial charge in [-0.1, -0.05) is 18.2 Å². The Morgan fingerprint density at radius 2 is 2.43 bits per heavy atom. The number of aromatic amines is 1. The summed E-state index contributed by atoms with van der Waals surface area (Å²) >= 11 is 0. The molecule has 1 aromatic carbocycles. The summed E-state index contributed by atoms with van der Waals surface area (Å²) in [5, 5.41) is 10.8. The number of aliphatic carboxylic acids is 1. The number of carbonyl (C=O) groups is 1. The molecule has 4 rings (SSSR count). The van der Waals surface area contributed by atoms with Gasteiger partial charge in [0.25, 0.3) is 0 Å². The minimum atomic E-state index is -1.11. The molecule has 2 N–H and O–H groups in total. The minimum absolute atomic E-state index is 0.140. The van der Waals surface area contributed by atoms with Crippen LogP contribution in [0.4, 0.5) is 0 Å². The van der Waals surface area contributed by atoms with Crippen LogP contribution in [-0.4, -0.2) is 40.6 Å². The van der Waals surface area contributed by atoms with Crippen molar-refractivity contribution in [1.29, 1.82) is 0 Å². The maximum Gasteiger partial charge on any atom is 0.314 e. The predicted molar refractivity (Wildman–Crippen MR) is 82.1 cm³/mol. The number of nitrogens with one attached hydrogen (secondary N) is 1. The van der Waals surface area contributed by atoms with Gasteiger partial charge in [-0.15, -0.1) is 0 Å². The highest BCUT2D eigenvalue weighted by Gasteiger charge is 2.42. The highest BCUT2D eigenvalue weighted by molar-refractivity contribution is 5.99. The van der Waals surface area contributed by atoms with Crippen LogP contribution in [0.25, 0.3) is 16.5 Å². The van der Waals surface area contributed by atoms with E-state index in [1.165, 1.54) is 10.9 Å². The lowest BCUT2D eigenvalue weighted by atomic mass is 9.75. The van der Waals surface area contributed by atoms with E-state index in [0.717, 1.165) is 23.1 Å². The maximum atomic E-state index is 11.8. The summed E-state index contributed by atoms with van der Waals surface area (Å²) in [6.07, 6.45) is 4.78. The summed E-state index contributed by atoms with van der Waals surface area (Å²) in [7, 11) is 1.96. The first-order chi connectivity index (χ1) is 10.6. The first-order valence-electron chi connectivity index (χ1n) is 7.81. The van der Waals surface area contributed by atoms with Crippen molar-refractivity contribution >= 4 is 22.4 Å². The molecule has 0 saturated heterocycles. The van der Waals surface area contributed by atoms with E-state index in [1.807, 2.05) is 25.3 Å². The van der Waals surface area contributed by atoms with Crippen molar-refractivity contribution in [2.24, 2.45) is 5.41 Å². The number of benzene rings is 1. The van der Waals surface area contributed by atoms with E-state index >= 15 is 0 Å². The third kappa shape index (κ3) is 1.62. The molecule has 4 heteroatoms. The van der Waals surface area contributed by atoms with Crippen LogP contribution in [0.2, 0.25) is 0 Å². The molecular weight excluding hydrogens is 264 g/mol. The molecule has 0 saturated carbocycles. The van der Waals surface area contributed by atoms with Crippen molar-refractivity contribution in [1.82, 2.24) is 9.88 Å². The third-order valence-corrected chi connectivity index (χ3v) is 4.79. The Kier molecular flexibility index (Phi) is 2.19. The van der Waals surface area contributed by atoms with E-state index in [-0.39, 0.29) is 12.9 Å². The Morgan fingerprint density at radius 3 is 3.19 bits per heavy atom. The highest BCUT2D eigenvalue weighted by Crippen LogP contribution is 2.43. The van der Waals surface area contributed by atoms with Crippen LogP contribution in [0.15, 0.2) is 30.5 Å². The number of aromatic nitrogens is 1. The monoisotopic (exact) mass is 283 g/mol. The van der Waals surface area contributed by atoms with Gasteiger partial charge in [0.2, 0.25) is 0 Å². The molecule has 2 aliphatic rings. The van der Waals surface area contributed by atoms with Gasteiger partial charge in [-0.2, -0.15) is 0 Å². The minimum Gasteiger partial charge on any atom is -0.481 e. The molecule has 1 aliphatic heterocycles. The van der Waals surface area contributed by atoms with Gasteiger partial charge < -0.3 is 10.1 Å². The summed E-state index contributed by atoms with van der Waals surface area (Å²) in [6, 6.07) is 6.30. The Labute approximate surface area is 124 Å². The predicted octanol–water partition coefficient (Wildman–Crippen LogP) is 2.51. The fourth-order valence-corrected chi connectivity index (χ4v) is 3.75. The van der Waals surface area contributed by atoms with Gasteiger partial charge in [0.05, 0.1) is 5.41 Å². The number of rotatable bonds is 1. The van der Waals surface area contributed by atoms with Crippen molar-refractivity contribution in [3.05, 3.63) is 41.6 Å². The van der Waals surface area contributed by atoms with E-state index in [0.29, 0.717) is 6.54 Å². The third-order valence-electron chi connectivity index (χ3n) is 4.79. The Bertz CT molecular complexity index is 810. The number of hydrogen-bond acceptors (Lipinski definition) is 2. The molecule has 0 unspecified atom stereocenters. The molecule has 108 valence electrons. The molecule has 1 aliphatic carbocycles. The van der Waals surface area contributed by atoms with Gasteiger partial charge in [-0.25, -0.2) is 0 Å². The fraction of sp³-hybridized carbons (Fsp3) is 0.353. The lowest BCUT2D eigenvalue weighted by Gasteiger charge is -2.42. The number of carboxylic acid groups (broad SMARTS) is 1. The van der Waals surface area contributed by atoms with Crippen LogP contribution in [-0.2, 0) is 11.2 Å². The molecule has 0 radical (unpaired) electrons. The van der Waals surface area contributed by atoms with Crippen LogP contribution in [0.3, 0.4) is 0 Å². The summed E-state index contributed by atoms with van der Waals surface area (Å²) in [5.74, 6) is -0.910. The molecule has 0 bridgehead atoms. The molecule has 0 fully saturated rings. The van der Waals surface area contributed by atoms with Crippen molar-refractivity contribution < 1.29 is 11.3 Å². The molecule has 1 aromatic heterocycles. The quantitative estimate of drug-likeness (QED) is 0.845. The molecule has 2 atom stereocenters. The summed E-state index contributed by atoms with van der Waals surface area (Å²) < 4.78 is 7.77. The van der Waals surface area contributed by atoms with Crippen LogP contribution < -0.4 is 0 Å². The zero-order valence-electron chi connectivity index (χ0n) is 12.9. The van der Waals surface area contributed by atoms with E-state index in [1.54, 1.807) is 0 Å². The van der Waals surface area contributed by atoms with Crippen molar-refractivity contribution in [2.75, 3.05) is 13.6 Å². The zero-order valence-corrected chi connectivity index (χ0v) is 11.9. The van der Waals surface area contributed by atoms with Crippen LogP contribution in [0.5, 0.6) is 0 Å². The standard InChI is InChI=1S/C17H18N2O2/c1-17(16(20)21)7-12-11-4-3-5-13-15(11)10(8-18-13)6-14(12)19(2)9-17/h3-5,7-8,14,18H,6,9H2,1-2H3,(H,20,21)/t14-,17-/m1/s1/i1D. The van der Waals surface area contributed by atoms with E-state index in [4.69, 9.17) is 1.37 Å². The Hall–Kier alpha value is -2.07. The van der Waals surface area contributed by atoms with Crippen LogP contribution in [0, 0.1) is 5.41 Å². The van der Waals surface area contributed by atoms with Crippen molar-refractivity contribution in [2.45, 2.75) is 19.4 Å². The number of carboxylic acids is 1. The van der Waals surface area contributed by atoms with E-state index in [9.17, 15) is 9.90 Å². The van der Waals surface area contributed by atoms with Gasteiger partial charge in [-0.05, 0) is 43.1 Å². The second kappa shape index (κ2) is 3.98. The summed E-state index contributed by atoms with van der Waals surface area (Å²) in [4.78, 5) is 17.2. The largest absolute Gasteiger partial charge is 0.481 e. The number of likely N-dealkylation sites (N-methyl/N-ethyl adjacent to an activating group) is 1. The molecular formula is C17H18N2O2. The van der Waals surface area contributed by atoms with Crippen LogP contribution in [0.1, 0.15) is 19.4 Å². The number of fused-ring (bicyclic) bond motifs is 2. The maximum absolute atomic E-state index is 11.8. The van der Waals surface area contributed by atoms with Gasteiger partial charge in [0, 0.05) is 31.1 Å². The molecule has 0 amide bonds. The first-order valence-corrected chi connectivity index (χ1v) is 7.11. The van der Waals surface area contributed by atoms with Gasteiger partial charge in [-0.3, -0.25) is 9.69 Å². The van der Waals surface area contributed by atoms with Gasteiger partial charge in [0.15, 0.2) is 0 Å². The topological polar surface area (TPSA) is 56.3 Å². The molecule has 2 aromatic rings. The smallest absolute Gasteiger partial charge is 0.314 e. The van der Waals surface area contributed by atoms with E-state index in [2.05, 4.69) is 22.1 Å². The van der Waals surface area contributed by atoms with Crippen molar-refractivity contribution in [3.8, 4) is 0 Å². The molecule has 0 spiro atoms. The average Bonchev–Trinajstić information content (AvgIpc) is 2.93. The second-order valence-corrected chi connectivity index (χ2v) is 6.24. The Morgan fingerprint density at radius 1 is 1.57 bits per heavy atom. The summed E-state index contributed by atoms with van der Waals surface area (Å²) in [6.45, 7) is 0.245. The fourth-order valence-electron chi connectivity index (χ4n) is 3.75. The number of H-pyrrole nitrogens is 1. The van der Waals surface area contributed by atoms with Gasteiger partial charge in [0.1, 0.15) is 0 Å². The Balaban J connectivity index is 1.99. The lowest BCUT2D eigenvalue weighted by Crippen LogP contribution is -2.49.